The third kappa shape index (κ3) is 1.33. The highest BCUT2D eigenvalue weighted by Gasteiger charge is 2.53. The number of rotatable bonds is 0. The van der Waals surface area contributed by atoms with Crippen molar-refractivity contribution in [3.05, 3.63) is 0 Å². The molecular formula is C6H9F3N2O. The van der Waals surface area contributed by atoms with Crippen molar-refractivity contribution in [3.63, 3.8) is 0 Å². The van der Waals surface area contributed by atoms with Crippen molar-refractivity contribution in [3.8, 4) is 0 Å². The molecule has 2 atom stereocenters. The second-order valence-electron chi connectivity index (χ2n) is 2.88. The number of alkyl halides is 3. The van der Waals surface area contributed by atoms with Gasteiger partial charge in [-0.1, -0.05) is 0 Å². The van der Waals surface area contributed by atoms with E-state index >= 15 is 0 Å². The molecule has 12 heavy (non-hydrogen) atoms. The Labute approximate surface area is 67.3 Å². The lowest BCUT2D eigenvalue weighted by Crippen LogP contribution is -2.63. The largest absolute Gasteiger partial charge is 0.395 e. The van der Waals surface area contributed by atoms with Gasteiger partial charge in [0.1, 0.15) is 0 Å². The fourth-order valence-corrected chi connectivity index (χ4v) is 1.28. The molecule has 2 unspecified atom stereocenters. The molecule has 1 fully saturated rings. The topological polar surface area (TPSA) is 46.3 Å². The molecule has 1 aliphatic heterocycles. The van der Waals surface area contributed by atoms with E-state index in [1.165, 1.54) is 6.92 Å². The minimum atomic E-state index is -4.22. The minimum Gasteiger partial charge on any atom is -0.351 e. The van der Waals surface area contributed by atoms with E-state index in [1.54, 1.807) is 0 Å². The van der Waals surface area contributed by atoms with Crippen molar-refractivity contribution >= 4 is 6.03 Å². The van der Waals surface area contributed by atoms with E-state index in [1.807, 2.05) is 0 Å². The lowest BCUT2D eigenvalue weighted by molar-refractivity contribution is -0.218. The number of halogens is 3. The number of urea groups is 1. The Balaban J connectivity index is 2.55. The van der Waals surface area contributed by atoms with Crippen LogP contribution in [0.15, 0.2) is 0 Å². The van der Waals surface area contributed by atoms with Gasteiger partial charge >= 0.3 is 12.2 Å². The SMILES string of the molecule is CC1C(C(F)(F)F)CN1C(N)=O. The summed E-state index contributed by atoms with van der Waals surface area (Å²) >= 11 is 0. The number of carbonyl (C=O) groups excluding carboxylic acids is 1. The first kappa shape index (κ1) is 9.15. The predicted octanol–water partition coefficient (Wildman–Crippen LogP) is 0.948. The van der Waals surface area contributed by atoms with Gasteiger partial charge in [-0.3, -0.25) is 0 Å². The van der Waals surface area contributed by atoms with E-state index in [0.717, 1.165) is 4.90 Å². The minimum absolute atomic E-state index is 0.306. The normalized spacial score (nSPS) is 29.8. The first-order valence-corrected chi connectivity index (χ1v) is 3.47. The number of carbonyl (C=O) groups is 1. The predicted molar refractivity (Wildman–Crippen MR) is 35.3 cm³/mol. The van der Waals surface area contributed by atoms with Gasteiger partial charge < -0.3 is 10.6 Å². The molecule has 0 radical (unpaired) electrons. The van der Waals surface area contributed by atoms with Crippen LogP contribution in [0.2, 0.25) is 0 Å². The maximum absolute atomic E-state index is 12.0. The second kappa shape index (κ2) is 2.53. The van der Waals surface area contributed by atoms with Gasteiger partial charge in [0, 0.05) is 12.6 Å². The van der Waals surface area contributed by atoms with Gasteiger partial charge in [-0.05, 0) is 6.92 Å². The summed E-state index contributed by atoms with van der Waals surface area (Å²) in [6, 6.07) is -1.61. The van der Waals surface area contributed by atoms with Crippen molar-refractivity contribution in [1.82, 2.24) is 4.90 Å². The Kier molecular flexibility index (Phi) is 1.93. The molecule has 0 aromatic heterocycles. The lowest BCUT2D eigenvalue weighted by Gasteiger charge is -2.45. The summed E-state index contributed by atoms with van der Waals surface area (Å²) in [7, 11) is 0. The van der Waals surface area contributed by atoms with Crippen molar-refractivity contribution in [1.29, 1.82) is 0 Å². The summed E-state index contributed by atoms with van der Waals surface area (Å²) in [5.74, 6) is -1.41. The van der Waals surface area contributed by atoms with Crippen molar-refractivity contribution in [2.24, 2.45) is 11.7 Å². The smallest absolute Gasteiger partial charge is 0.351 e. The van der Waals surface area contributed by atoms with Gasteiger partial charge in [-0.15, -0.1) is 0 Å². The van der Waals surface area contributed by atoms with Gasteiger partial charge in [0.25, 0.3) is 0 Å². The molecule has 0 aliphatic carbocycles. The van der Waals surface area contributed by atoms with Crippen LogP contribution in [-0.4, -0.2) is 29.7 Å². The highest BCUT2D eigenvalue weighted by molar-refractivity contribution is 5.73. The quantitative estimate of drug-likeness (QED) is 0.595. The van der Waals surface area contributed by atoms with Crippen LogP contribution in [0.1, 0.15) is 6.92 Å². The number of likely N-dealkylation sites (tertiary alicyclic amines) is 1. The van der Waals surface area contributed by atoms with E-state index in [-0.39, 0.29) is 6.54 Å². The first-order chi connectivity index (χ1) is 5.34. The van der Waals surface area contributed by atoms with Crippen molar-refractivity contribution < 1.29 is 18.0 Å². The standard InChI is InChI=1S/C6H9F3N2O/c1-3-4(6(7,8)9)2-11(3)5(10)12/h3-4H,2H2,1H3,(H2,10,12). The lowest BCUT2D eigenvalue weighted by atomic mass is 9.90. The Bertz CT molecular complexity index is 203. The van der Waals surface area contributed by atoms with Crippen LogP contribution in [0.3, 0.4) is 0 Å². The molecule has 2 amide bonds. The van der Waals surface area contributed by atoms with E-state index in [4.69, 9.17) is 5.73 Å². The molecule has 1 saturated heterocycles. The summed E-state index contributed by atoms with van der Waals surface area (Å²) < 4.78 is 36.0. The molecule has 0 saturated carbocycles. The summed E-state index contributed by atoms with van der Waals surface area (Å²) in [6.07, 6.45) is -4.22. The third-order valence-electron chi connectivity index (χ3n) is 2.17. The van der Waals surface area contributed by atoms with Gasteiger partial charge in [0.15, 0.2) is 0 Å². The number of nitrogens with zero attached hydrogens (tertiary/aromatic N) is 1. The van der Waals surface area contributed by atoms with Gasteiger partial charge in [0.05, 0.1) is 5.92 Å². The van der Waals surface area contributed by atoms with Gasteiger partial charge in [-0.25, -0.2) is 4.79 Å². The van der Waals surface area contributed by atoms with Gasteiger partial charge in [-0.2, -0.15) is 13.2 Å². The van der Waals surface area contributed by atoms with Crippen LogP contribution in [0.4, 0.5) is 18.0 Å². The van der Waals surface area contributed by atoms with E-state index in [9.17, 15) is 18.0 Å². The van der Waals surface area contributed by atoms with Crippen molar-refractivity contribution in [2.75, 3.05) is 6.54 Å². The molecule has 0 bridgehead atoms. The molecule has 0 aromatic rings. The fourth-order valence-electron chi connectivity index (χ4n) is 1.28. The highest BCUT2D eigenvalue weighted by atomic mass is 19.4. The second-order valence-corrected chi connectivity index (χ2v) is 2.88. The summed E-state index contributed by atoms with van der Waals surface area (Å²) in [5, 5.41) is 0. The van der Waals surface area contributed by atoms with Crippen LogP contribution in [0, 0.1) is 5.92 Å². The molecule has 2 N–H and O–H groups in total. The zero-order valence-corrected chi connectivity index (χ0v) is 6.43. The zero-order chi connectivity index (χ0) is 9.52. The van der Waals surface area contributed by atoms with Crippen LogP contribution >= 0.6 is 0 Å². The van der Waals surface area contributed by atoms with Gasteiger partial charge in [0.2, 0.25) is 0 Å². The monoisotopic (exact) mass is 182 g/mol. The number of nitrogens with two attached hydrogens (primary N) is 1. The maximum atomic E-state index is 12.0. The van der Waals surface area contributed by atoms with Crippen LogP contribution < -0.4 is 5.73 Å². The van der Waals surface area contributed by atoms with Crippen LogP contribution in [-0.2, 0) is 0 Å². The number of hydrogen-bond donors (Lipinski definition) is 1. The Morgan fingerprint density at radius 3 is 2.33 bits per heavy atom. The average Bonchev–Trinajstić information content (AvgIpc) is 1.80. The van der Waals surface area contributed by atoms with Crippen LogP contribution in [0.25, 0.3) is 0 Å². The van der Waals surface area contributed by atoms with E-state index in [2.05, 4.69) is 0 Å². The molecule has 0 spiro atoms. The number of amides is 2. The molecule has 0 aromatic carbocycles. The molecule has 6 heteroatoms. The first-order valence-electron chi connectivity index (χ1n) is 3.47. The Morgan fingerprint density at radius 2 is 2.08 bits per heavy atom. The fraction of sp³-hybridized carbons (Fsp3) is 0.833. The van der Waals surface area contributed by atoms with E-state index < -0.39 is 24.2 Å². The number of hydrogen-bond acceptors (Lipinski definition) is 1. The van der Waals surface area contributed by atoms with Crippen LogP contribution in [0.5, 0.6) is 0 Å². The third-order valence-corrected chi connectivity index (χ3v) is 2.17. The Hall–Kier alpha value is -0.940. The molecule has 1 aliphatic rings. The summed E-state index contributed by atoms with van der Waals surface area (Å²) in [5.41, 5.74) is 4.81. The average molecular weight is 182 g/mol. The van der Waals surface area contributed by atoms with E-state index in [0.29, 0.717) is 0 Å². The molecular weight excluding hydrogens is 173 g/mol. The Morgan fingerprint density at radius 1 is 1.58 bits per heavy atom. The molecule has 70 valence electrons. The molecule has 1 rings (SSSR count). The molecule has 3 nitrogen and oxygen atoms in total. The molecule has 1 heterocycles. The highest BCUT2D eigenvalue weighted by Crippen LogP contribution is 2.38. The zero-order valence-electron chi connectivity index (χ0n) is 6.43. The maximum Gasteiger partial charge on any atom is 0.395 e. The number of primary amides is 1. The summed E-state index contributed by atoms with van der Waals surface area (Å²) in [4.78, 5) is 11.4. The summed E-state index contributed by atoms with van der Waals surface area (Å²) in [6.45, 7) is 1.03. The van der Waals surface area contributed by atoms with Crippen molar-refractivity contribution in [2.45, 2.75) is 19.1 Å².